The van der Waals surface area contributed by atoms with Crippen molar-refractivity contribution in [1.82, 2.24) is 10.2 Å². The predicted octanol–water partition coefficient (Wildman–Crippen LogP) is 3.24. The van der Waals surface area contributed by atoms with Gasteiger partial charge in [0.05, 0.1) is 6.04 Å². The predicted molar refractivity (Wildman–Crippen MR) is 90.2 cm³/mol. The van der Waals surface area contributed by atoms with Crippen LogP contribution in [-0.2, 0) is 0 Å². The summed E-state index contributed by atoms with van der Waals surface area (Å²) in [5.41, 5.74) is 1.27. The third-order valence-corrected chi connectivity index (χ3v) is 4.83. The quantitative estimate of drug-likeness (QED) is 0.906. The zero-order chi connectivity index (χ0) is 15.4. The first-order valence-corrected chi connectivity index (χ1v) is 8.65. The maximum absolute atomic E-state index is 12.2. The van der Waals surface area contributed by atoms with E-state index in [1.54, 1.807) is 0 Å². The van der Waals surface area contributed by atoms with Gasteiger partial charge in [-0.25, -0.2) is 4.79 Å². The molecule has 2 fully saturated rings. The van der Waals surface area contributed by atoms with Crippen molar-refractivity contribution in [3.8, 4) is 0 Å². The Labute approximate surface area is 133 Å². The van der Waals surface area contributed by atoms with E-state index in [9.17, 15) is 4.79 Å². The second-order valence-electron chi connectivity index (χ2n) is 6.52. The molecular weight excluding hydrogens is 274 g/mol. The number of hydrogen-bond donors (Lipinski definition) is 1. The van der Waals surface area contributed by atoms with E-state index in [0.29, 0.717) is 12.1 Å². The highest BCUT2D eigenvalue weighted by molar-refractivity contribution is 5.76. The molecule has 0 spiro atoms. The smallest absolute Gasteiger partial charge is 0.317 e. The number of hydrogen-bond acceptors (Lipinski definition) is 2. The van der Waals surface area contributed by atoms with E-state index in [1.807, 2.05) is 4.90 Å². The molecular formula is C18H27N3O. The molecule has 0 aromatic heterocycles. The van der Waals surface area contributed by atoms with E-state index in [-0.39, 0.29) is 6.03 Å². The molecule has 22 heavy (non-hydrogen) atoms. The molecule has 1 aliphatic heterocycles. The molecule has 0 radical (unpaired) electrons. The Bertz CT molecular complexity index is 478. The number of nitrogens with one attached hydrogen (secondary N) is 1. The highest BCUT2D eigenvalue weighted by atomic mass is 16.2. The molecule has 0 atom stereocenters. The molecule has 1 saturated carbocycles. The van der Waals surface area contributed by atoms with Gasteiger partial charge < -0.3 is 15.1 Å². The maximum atomic E-state index is 12.2. The summed E-state index contributed by atoms with van der Waals surface area (Å²) < 4.78 is 0. The standard InChI is InChI=1S/C18H27N3O/c1-2-12-21(16-10-4-3-5-11-16)17-13-20(14-17)18(22)19-15-8-6-7-9-15/h3-5,10-11,15,17H,2,6-9,12-14H2,1H3,(H,19,22). The van der Waals surface area contributed by atoms with Crippen molar-refractivity contribution in [3.05, 3.63) is 30.3 Å². The number of rotatable bonds is 5. The van der Waals surface area contributed by atoms with Crippen molar-refractivity contribution in [2.75, 3.05) is 24.5 Å². The third-order valence-electron chi connectivity index (χ3n) is 4.83. The zero-order valence-corrected chi connectivity index (χ0v) is 13.5. The normalized spacial score (nSPS) is 19.0. The molecule has 3 rings (SSSR count). The van der Waals surface area contributed by atoms with Gasteiger partial charge in [0.2, 0.25) is 0 Å². The Morgan fingerprint density at radius 1 is 1.23 bits per heavy atom. The number of urea groups is 1. The molecule has 4 nitrogen and oxygen atoms in total. The molecule has 1 aliphatic carbocycles. The molecule has 4 heteroatoms. The number of carbonyl (C=O) groups is 1. The van der Waals surface area contributed by atoms with Gasteiger partial charge in [-0.05, 0) is 31.4 Å². The van der Waals surface area contributed by atoms with Crippen molar-refractivity contribution in [2.24, 2.45) is 0 Å². The maximum Gasteiger partial charge on any atom is 0.317 e. The van der Waals surface area contributed by atoms with Crippen LogP contribution in [0.25, 0.3) is 0 Å². The lowest BCUT2D eigenvalue weighted by atomic mass is 10.1. The van der Waals surface area contributed by atoms with Gasteiger partial charge in [-0.2, -0.15) is 0 Å². The molecule has 1 aromatic carbocycles. The number of anilines is 1. The first-order chi connectivity index (χ1) is 10.8. The Morgan fingerprint density at radius 3 is 2.55 bits per heavy atom. The van der Waals surface area contributed by atoms with Gasteiger partial charge in [-0.1, -0.05) is 38.0 Å². The van der Waals surface area contributed by atoms with Crippen LogP contribution in [0.2, 0.25) is 0 Å². The minimum absolute atomic E-state index is 0.132. The fourth-order valence-electron chi connectivity index (χ4n) is 3.54. The number of likely N-dealkylation sites (tertiary alicyclic amines) is 1. The lowest BCUT2D eigenvalue weighted by molar-refractivity contribution is 0.145. The number of nitrogens with zero attached hydrogens (tertiary/aromatic N) is 2. The average molecular weight is 301 g/mol. The average Bonchev–Trinajstić information content (AvgIpc) is 2.98. The number of carbonyl (C=O) groups excluding carboxylic acids is 1. The van der Waals surface area contributed by atoms with Crippen LogP contribution in [0.5, 0.6) is 0 Å². The SMILES string of the molecule is CCCN(c1ccccc1)C1CN(C(=O)NC2CCCC2)C1. The lowest BCUT2D eigenvalue weighted by Crippen LogP contribution is -2.64. The minimum Gasteiger partial charge on any atom is -0.365 e. The molecule has 120 valence electrons. The summed E-state index contributed by atoms with van der Waals surface area (Å²) in [6.45, 7) is 4.94. The highest BCUT2D eigenvalue weighted by Gasteiger charge is 2.35. The molecule has 1 N–H and O–H groups in total. The monoisotopic (exact) mass is 301 g/mol. The summed E-state index contributed by atoms with van der Waals surface area (Å²) in [6, 6.07) is 11.5. The van der Waals surface area contributed by atoms with E-state index in [4.69, 9.17) is 0 Å². The lowest BCUT2D eigenvalue weighted by Gasteiger charge is -2.46. The zero-order valence-electron chi connectivity index (χ0n) is 13.5. The number of amides is 2. The first-order valence-electron chi connectivity index (χ1n) is 8.65. The second-order valence-corrected chi connectivity index (χ2v) is 6.52. The largest absolute Gasteiger partial charge is 0.365 e. The van der Waals surface area contributed by atoms with E-state index in [0.717, 1.165) is 38.9 Å². The summed E-state index contributed by atoms with van der Waals surface area (Å²) >= 11 is 0. The van der Waals surface area contributed by atoms with Crippen LogP contribution in [0.4, 0.5) is 10.5 Å². The van der Waals surface area contributed by atoms with E-state index >= 15 is 0 Å². The van der Waals surface area contributed by atoms with Gasteiger partial charge in [-0.15, -0.1) is 0 Å². The molecule has 0 bridgehead atoms. The Balaban J connectivity index is 1.52. The van der Waals surface area contributed by atoms with Crippen molar-refractivity contribution < 1.29 is 4.79 Å². The van der Waals surface area contributed by atoms with Crippen LogP contribution < -0.4 is 10.2 Å². The number of benzene rings is 1. The summed E-state index contributed by atoms with van der Waals surface area (Å²) in [7, 11) is 0. The van der Waals surface area contributed by atoms with Gasteiger partial charge in [0.1, 0.15) is 0 Å². The summed E-state index contributed by atoms with van der Waals surface area (Å²) in [5, 5.41) is 3.18. The van der Waals surface area contributed by atoms with Gasteiger partial charge in [0.15, 0.2) is 0 Å². The third kappa shape index (κ3) is 3.37. The van der Waals surface area contributed by atoms with Crippen LogP contribution in [0, 0.1) is 0 Å². The van der Waals surface area contributed by atoms with Crippen LogP contribution in [-0.4, -0.2) is 42.6 Å². The molecule has 2 amide bonds. The van der Waals surface area contributed by atoms with E-state index in [2.05, 4.69) is 47.5 Å². The van der Waals surface area contributed by atoms with Crippen molar-refractivity contribution in [3.63, 3.8) is 0 Å². The van der Waals surface area contributed by atoms with Gasteiger partial charge in [0.25, 0.3) is 0 Å². The van der Waals surface area contributed by atoms with Crippen molar-refractivity contribution in [2.45, 2.75) is 51.1 Å². The summed E-state index contributed by atoms with van der Waals surface area (Å²) in [4.78, 5) is 16.6. The molecule has 1 aromatic rings. The Morgan fingerprint density at radius 2 is 1.91 bits per heavy atom. The fourth-order valence-corrected chi connectivity index (χ4v) is 3.54. The van der Waals surface area contributed by atoms with Crippen molar-refractivity contribution >= 4 is 11.7 Å². The molecule has 1 heterocycles. The number of para-hydroxylation sites is 1. The van der Waals surface area contributed by atoms with Crippen molar-refractivity contribution in [1.29, 1.82) is 0 Å². The second kappa shape index (κ2) is 7.03. The van der Waals surface area contributed by atoms with Crippen LogP contribution >= 0.6 is 0 Å². The topological polar surface area (TPSA) is 35.6 Å². The molecule has 2 aliphatic rings. The summed E-state index contributed by atoms with van der Waals surface area (Å²) in [5.74, 6) is 0. The Kier molecular flexibility index (Phi) is 4.86. The van der Waals surface area contributed by atoms with Crippen LogP contribution in [0.15, 0.2) is 30.3 Å². The highest BCUT2D eigenvalue weighted by Crippen LogP contribution is 2.24. The van der Waals surface area contributed by atoms with Crippen LogP contribution in [0.1, 0.15) is 39.0 Å². The van der Waals surface area contributed by atoms with E-state index in [1.165, 1.54) is 18.5 Å². The van der Waals surface area contributed by atoms with Gasteiger partial charge in [0, 0.05) is 31.4 Å². The molecule has 0 unspecified atom stereocenters. The van der Waals surface area contributed by atoms with Gasteiger partial charge in [-0.3, -0.25) is 0 Å². The summed E-state index contributed by atoms with van der Waals surface area (Å²) in [6.07, 6.45) is 5.93. The van der Waals surface area contributed by atoms with Crippen LogP contribution in [0.3, 0.4) is 0 Å². The van der Waals surface area contributed by atoms with E-state index < -0.39 is 0 Å². The Hall–Kier alpha value is -1.71. The van der Waals surface area contributed by atoms with Gasteiger partial charge >= 0.3 is 6.03 Å². The minimum atomic E-state index is 0.132. The molecule has 1 saturated heterocycles. The first kappa shape index (κ1) is 15.2. The fraction of sp³-hybridized carbons (Fsp3) is 0.611.